The Morgan fingerprint density at radius 3 is 3.00 bits per heavy atom. The maximum atomic E-state index is 10.5. The summed E-state index contributed by atoms with van der Waals surface area (Å²) in [5.41, 5.74) is 0. The van der Waals surface area contributed by atoms with Crippen molar-refractivity contribution in [2.75, 3.05) is 6.61 Å². The molecule has 0 radical (unpaired) electrons. The number of carbonyl (C=O) groups is 1. The van der Waals surface area contributed by atoms with Gasteiger partial charge in [-0.2, -0.15) is 5.10 Å². The summed E-state index contributed by atoms with van der Waals surface area (Å²) in [7, 11) is 0. The molecule has 10 heavy (non-hydrogen) atoms. The molecule has 0 aromatic carbocycles. The monoisotopic (exact) mass is 142 g/mol. The second-order valence-electron chi connectivity index (χ2n) is 1.51. The van der Waals surface area contributed by atoms with Crippen LogP contribution in [0.1, 0.15) is 6.42 Å². The molecular weight excluding hydrogens is 132 g/mol. The average molecular weight is 142 g/mol. The van der Waals surface area contributed by atoms with E-state index in [9.17, 15) is 4.79 Å². The number of hydrogen-bond acceptors (Lipinski definition) is 4. The molecule has 0 fully saturated rings. The third-order valence-electron chi connectivity index (χ3n) is 0.726. The third kappa shape index (κ3) is 4.83. The van der Waals surface area contributed by atoms with Crippen LogP contribution in [0.3, 0.4) is 0 Å². The Morgan fingerprint density at radius 1 is 1.80 bits per heavy atom. The summed E-state index contributed by atoms with van der Waals surface area (Å²) >= 11 is 0. The van der Waals surface area contributed by atoms with Crippen LogP contribution >= 0.6 is 0 Å². The largest absolute Gasteiger partial charge is 0.461 e. The Labute approximate surface area is 59.4 Å². The van der Waals surface area contributed by atoms with Gasteiger partial charge in [0, 0.05) is 6.21 Å². The lowest BCUT2D eigenvalue weighted by molar-refractivity contribution is -0.140. The van der Waals surface area contributed by atoms with E-state index in [0.717, 1.165) is 0 Å². The summed E-state index contributed by atoms with van der Waals surface area (Å²) in [5.74, 6) is 4.39. The van der Waals surface area contributed by atoms with Crippen LogP contribution in [0.25, 0.3) is 0 Å². The van der Waals surface area contributed by atoms with E-state index in [1.54, 1.807) is 0 Å². The zero-order valence-corrected chi connectivity index (χ0v) is 5.62. The summed E-state index contributed by atoms with van der Waals surface area (Å²) in [6.07, 6.45) is 2.90. The van der Waals surface area contributed by atoms with Crippen molar-refractivity contribution < 1.29 is 9.53 Å². The van der Waals surface area contributed by atoms with Crippen molar-refractivity contribution in [1.29, 1.82) is 0 Å². The van der Waals surface area contributed by atoms with Crippen molar-refractivity contribution in [2.45, 2.75) is 6.42 Å². The third-order valence-corrected chi connectivity index (χ3v) is 0.726. The SMILES string of the molecule is C=CCOC(=O)CC=NN. The fourth-order valence-corrected chi connectivity index (χ4v) is 0.338. The molecule has 4 heteroatoms. The number of esters is 1. The molecule has 56 valence electrons. The molecule has 0 saturated carbocycles. The van der Waals surface area contributed by atoms with Gasteiger partial charge in [-0.1, -0.05) is 12.7 Å². The number of carbonyl (C=O) groups excluding carboxylic acids is 1. The predicted octanol–water partition coefficient (Wildman–Crippen LogP) is 0.0502. The molecule has 0 unspecified atom stereocenters. The highest BCUT2D eigenvalue weighted by Gasteiger charge is 1.96. The first-order chi connectivity index (χ1) is 4.81. The van der Waals surface area contributed by atoms with Gasteiger partial charge in [0.2, 0.25) is 0 Å². The maximum absolute atomic E-state index is 10.5. The summed E-state index contributed by atoms with van der Waals surface area (Å²) in [5, 5.41) is 3.13. The molecule has 0 bridgehead atoms. The molecule has 0 rings (SSSR count). The summed E-state index contributed by atoms with van der Waals surface area (Å²) < 4.78 is 4.59. The molecule has 0 aromatic heterocycles. The van der Waals surface area contributed by atoms with Gasteiger partial charge in [0.1, 0.15) is 6.61 Å². The molecule has 4 nitrogen and oxygen atoms in total. The van der Waals surface area contributed by atoms with Gasteiger partial charge < -0.3 is 10.6 Å². The van der Waals surface area contributed by atoms with Crippen molar-refractivity contribution in [3.63, 3.8) is 0 Å². The first-order valence-corrected chi connectivity index (χ1v) is 2.79. The van der Waals surface area contributed by atoms with Crippen molar-refractivity contribution in [3.8, 4) is 0 Å². The number of ether oxygens (including phenoxy) is 1. The highest BCUT2D eigenvalue weighted by molar-refractivity contribution is 5.85. The van der Waals surface area contributed by atoms with Gasteiger partial charge in [-0.15, -0.1) is 0 Å². The van der Waals surface area contributed by atoms with E-state index in [1.165, 1.54) is 12.3 Å². The zero-order chi connectivity index (χ0) is 7.82. The minimum Gasteiger partial charge on any atom is -0.461 e. The quantitative estimate of drug-likeness (QED) is 0.198. The fraction of sp³-hybridized carbons (Fsp3) is 0.333. The van der Waals surface area contributed by atoms with Gasteiger partial charge in [-0.3, -0.25) is 4.79 Å². The Morgan fingerprint density at radius 2 is 2.50 bits per heavy atom. The smallest absolute Gasteiger partial charge is 0.311 e. The van der Waals surface area contributed by atoms with Gasteiger partial charge >= 0.3 is 5.97 Å². The van der Waals surface area contributed by atoms with Crippen LogP contribution in [0.4, 0.5) is 0 Å². The molecule has 0 heterocycles. The van der Waals surface area contributed by atoms with Crippen LogP contribution < -0.4 is 5.84 Å². The molecule has 0 spiro atoms. The molecule has 2 N–H and O–H groups in total. The number of hydrogen-bond donors (Lipinski definition) is 1. The molecule has 0 saturated heterocycles. The molecule has 0 amide bonds. The van der Waals surface area contributed by atoms with Gasteiger partial charge in [-0.05, 0) is 0 Å². The topological polar surface area (TPSA) is 64.7 Å². The average Bonchev–Trinajstić information content (AvgIpc) is 1.97. The van der Waals surface area contributed by atoms with E-state index >= 15 is 0 Å². The molecule has 0 aliphatic heterocycles. The molecule has 0 atom stereocenters. The Kier molecular flexibility index (Phi) is 5.04. The number of nitrogens with two attached hydrogens (primary N) is 1. The van der Waals surface area contributed by atoms with E-state index in [2.05, 4.69) is 16.4 Å². The van der Waals surface area contributed by atoms with Gasteiger partial charge in [0.15, 0.2) is 0 Å². The van der Waals surface area contributed by atoms with E-state index in [1.807, 2.05) is 0 Å². The Bertz CT molecular complexity index is 143. The zero-order valence-electron chi connectivity index (χ0n) is 5.62. The Hall–Kier alpha value is -1.32. The minimum atomic E-state index is -0.353. The van der Waals surface area contributed by atoms with Crippen LogP contribution in [-0.4, -0.2) is 18.8 Å². The summed E-state index contributed by atoms with van der Waals surface area (Å²) in [6, 6.07) is 0. The molecular formula is C6H10N2O2. The highest BCUT2D eigenvalue weighted by Crippen LogP contribution is 1.82. The second-order valence-corrected chi connectivity index (χ2v) is 1.51. The lowest BCUT2D eigenvalue weighted by atomic mass is 10.5. The summed E-state index contributed by atoms with van der Waals surface area (Å²) in [4.78, 5) is 10.5. The van der Waals surface area contributed by atoms with Crippen LogP contribution in [0.15, 0.2) is 17.8 Å². The lowest BCUT2D eigenvalue weighted by Crippen LogP contribution is -2.04. The van der Waals surface area contributed by atoms with Crippen LogP contribution in [0, 0.1) is 0 Å². The Balaban J connectivity index is 3.34. The van der Waals surface area contributed by atoms with Crippen molar-refractivity contribution in [2.24, 2.45) is 10.9 Å². The van der Waals surface area contributed by atoms with Crippen LogP contribution in [-0.2, 0) is 9.53 Å². The lowest BCUT2D eigenvalue weighted by Gasteiger charge is -1.95. The standard InChI is InChI=1S/C6H10N2O2/c1-2-5-10-6(9)3-4-8-7/h2,4H,1,3,5,7H2. The van der Waals surface area contributed by atoms with E-state index in [0.29, 0.717) is 0 Å². The predicted molar refractivity (Wildman–Crippen MR) is 38.5 cm³/mol. The number of rotatable bonds is 4. The van der Waals surface area contributed by atoms with Gasteiger partial charge in [0.05, 0.1) is 6.42 Å². The van der Waals surface area contributed by atoms with Crippen molar-refractivity contribution in [3.05, 3.63) is 12.7 Å². The van der Waals surface area contributed by atoms with Crippen molar-refractivity contribution >= 4 is 12.2 Å². The van der Waals surface area contributed by atoms with Crippen LogP contribution in [0.2, 0.25) is 0 Å². The van der Waals surface area contributed by atoms with E-state index in [4.69, 9.17) is 5.84 Å². The van der Waals surface area contributed by atoms with E-state index in [-0.39, 0.29) is 19.0 Å². The molecule has 0 aliphatic rings. The van der Waals surface area contributed by atoms with Gasteiger partial charge in [0.25, 0.3) is 0 Å². The first kappa shape index (κ1) is 8.68. The molecule has 0 aliphatic carbocycles. The van der Waals surface area contributed by atoms with E-state index < -0.39 is 0 Å². The second kappa shape index (κ2) is 5.81. The maximum Gasteiger partial charge on any atom is 0.311 e. The first-order valence-electron chi connectivity index (χ1n) is 2.79. The normalized spacial score (nSPS) is 9.60. The number of nitrogens with zero attached hydrogens (tertiary/aromatic N) is 1. The number of hydrazone groups is 1. The van der Waals surface area contributed by atoms with Gasteiger partial charge in [-0.25, -0.2) is 0 Å². The van der Waals surface area contributed by atoms with Crippen LogP contribution in [0.5, 0.6) is 0 Å². The van der Waals surface area contributed by atoms with Crippen molar-refractivity contribution in [1.82, 2.24) is 0 Å². The molecule has 0 aromatic rings. The summed E-state index contributed by atoms with van der Waals surface area (Å²) in [6.45, 7) is 3.61. The highest BCUT2D eigenvalue weighted by atomic mass is 16.5. The minimum absolute atomic E-state index is 0.115. The fourth-order valence-electron chi connectivity index (χ4n) is 0.338.